The Morgan fingerprint density at radius 1 is 1.50 bits per heavy atom. The van der Waals surface area contributed by atoms with Crippen molar-refractivity contribution in [3.63, 3.8) is 0 Å². The number of rotatable bonds is 5. The molecule has 1 saturated carbocycles. The molecule has 1 fully saturated rings. The van der Waals surface area contributed by atoms with E-state index in [1.807, 2.05) is 0 Å². The normalized spacial score (nSPS) is 16.9. The SMILES string of the molecule is NCCN(CC(F)F)C(=O)C1CCC1. The minimum absolute atomic E-state index is 0.0275. The zero-order chi connectivity index (χ0) is 10.6. The van der Waals surface area contributed by atoms with E-state index in [0.29, 0.717) is 0 Å². The number of carbonyl (C=O) groups excluding carboxylic acids is 1. The van der Waals surface area contributed by atoms with Crippen LogP contribution in [0.4, 0.5) is 8.78 Å². The molecule has 1 rings (SSSR count). The van der Waals surface area contributed by atoms with Crippen LogP contribution >= 0.6 is 0 Å². The second-order valence-corrected chi connectivity index (χ2v) is 3.59. The van der Waals surface area contributed by atoms with Crippen molar-refractivity contribution in [2.75, 3.05) is 19.6 Å². The molecule has 0 spiro atoms. The fourth-order valence-corrected chi connectivity index (χ4v) is 1.53. The van der Waals surface area contributed by atoms with E-state index in [1.165, 1.54) is 4.90 Å². The molecule has 1 amide bonds. The molecule has 0 saturated heterocycles. The second kappa shape index (κ2) is 5.24. The van der Waals surface area contributed by atoms with Gasteiger partial charge in [-0.3, -0.25) is 4.79 Å². The smallest absolute Gasteiger partial charge is 0.255 e. The molecule has 0 bridgehead atoms. The molecule has 5 heteroatoms. The molecule has 0 aliphatic heterocycles. The van der Waals surface area contributed by atoms with Crippen molar-refractivity contribution in [3.8, 4) is 0 Å². The van der Waals surface area contributed by atoms with Gasteiger partial charge in [-0.15, -0.1) is 0 Å². The summed E-state index contributed by atoms with van der Waals surface area (Å²) in [6, 6.07) is 0. The third-order valence-corrected chi connectivity index (χ3v) is 2.52. The van der Waals surface area contributed by atoms with Gasteiger partial charge in [0.05, 0.1) is 6.54 Å². The van der Waals surface area contributed by atoms with Crippen LogP contribution in [-0.2, 0) is 4.79 Å². The summed E-state index contributed by atoms with van der Waals surface area (Å²) in [4.78, 5) is 12.8. The zero-order valence-electron chi connectivity index (χ0n) is 8.09. The summed E-state index contributed by atoms with van der Waals surface area (Å²) in [6.07, 6.45) is 0.235. The van der Waals surface area contributed by atoms with E-state index < -0.39 is 13.0 Å². The number of amides is 1. The highest BCUT2D eigenvalue weighted by molar-refractivity contribution is 5.79. The Morgan fingerprint density at radius 2 is 2.14 bits per heavy atom. The molecule has 0 aromatic rings. The predicted octanol–water partition coefficient (Wildman–Crippen LogP) is 0.839. The van der Waals surface area contributed by atoms with E-state index in [9.17, 15) is 13.6 Å². The van der Waals surface area contributed by atoms with E-state index in [1.54, 1.807) is 0 Å². The van der Waals surface area contributed by atoms with Crippen molar-refractivity contribution in [2.45, 2.75) is 25.7 Å². The lowest BCUT2D eigenvalue weighted by molar-refractivity contribution is -0.140. The lowest BCUT2D eigenvalue weighted by Crippen LogP contribution is -2.43. The van der Waals surface area contributed by atoms with Crippen molar-refractivity contribution >= 4 is 5.91 Å². The standard InChI is InChI=1S/C9H16F2N2O/c10-8(11)6-13(5-4-12)9(14)7-2-1-3-7/h7-8H,1-6,12H2. The van der Waals surface area contributed by atoms with Crippen molar-refractivity contribution in [1.29, 1.82) is 0 Å². The number of nitrogens with zero attached hydrogens (tertiary/aromatic N) is 1. The predicted molar refractivity (Wildman–Crippen MR) is 49.0 cm³/mol. The number of alkyl halides is 2. The van der Waals surface area contributed by atoms with Crippen LogP contribution in [0.1, 0.15) is 19.3 Å². The quantitative estimate of drug-likeness (QED) is 0.724. The van der Waals surface area contributed by atoms with E-state index in [4.69, 9.17) is 5.73 Å². The molecule has 2 N–H and O–H groups in total. The van der Waals surface area contributed by atoms with Crippen LogP contribution in [0, 0.1) is 5.92 Å². The van der Waals surface area contributed by atoms with Gasteiger partial charge in [0.15, 0.2) is 0 Å². The van der Waals surface area contributed by atoms with Gasteiger partial charge in [-0.1, -0.05) is 6.42 Å². The molecule has 0 aromatic carbocycles. The Kier molecular flexibility index (Phi) is 4.25. The summed E-state index contributed by atoms with van der Waals surface area (Å²) in [7, 11) is 0. The van der Waals surface area contributed by atoms with Crippen LogP contribution in [0.5, 0.6) is 0 Å². The fraction of sp³-hybridized carbons (Fsp3) is 0.889. The first kappa shape index (κ1) is 11.4. The van der Waals surface area contributed by atoms with Crippen molar-refractivity contribution in [2.24, 2.45) is 11.7 Å². The molecule has 1 aliphatic rings. The largest absolute Gasteiger partial charge is 0.335 e. The molecule has 14 heavy (non-hydrogen) atoms. The van der Waals surface area contributed by atoms with Gasteiger partial charge < -0.3 is 10.6 Å². The van der Waals surface area contributed by atoms with E-state index in [2.05, 4.69) is 0 Å². The van der Waals surface area contributed by atoms with Crippen molar-refractivity contribution < 1.29 is 13.6 Å². The van der Waals surface area contributed by atoms with Gasteiger partial charge in [0.2, 0.25) is 5.91 Å². The molecular weight excluding hydrogens is 190 g/mol. The molecule has 0 aromatic heterocycles. The maximum absolute atomic E-state index is 12.1. The Labute approximate surface area is 82.2 Å². The first-order valence-electron chi connectivity index (χ1n) is 4.92. The summed E-state index contributed by atoms with van der Waals surface area (Å²) in [5.74, 6) is -0.178. The fourth-order valence-electron chi connectivity index (χ4n) is 1.53. The summed E-state index contributed by atoms with van der Waals surface area (Å²) in [5, 5.41) is 0. The Hall–Kier alpha value is -0.710. The van der Waals surface area contributed by atoms with Crippen molar-refractivity contribution in [1.82, 2.24) is 4.90 Å². The second-order valence-electron chi connectivity index (χ2n) is 3.59. The van der Waals surface area contributed by atoms with E-state index >= 15 is 0 Å². The molecule has 1 aliphatic carbocycles. The molecule has 0 heterocycles. The highest BCUT2D eigenvalue weighted by Crippen LogP contribution is 2.28. The highest BCUT2D eigenvalue weighted by atomic mass is 19.3. The summed E-state index contributed by atoms with van der Waals surface area (Å²) < 4.78 is 24.2. The lowest BCUT2D eigenvalue weighted by Gasteiger charge is -2.31. The van der Waals surface area contributed by atoms with E-state index in [-0.39, 0.29) is 24.9 Å². The van der Waals surface area contributed by atoms with Gasteiger partial charge in [0, 0.05) is 19.0 Å². The Bertz CT molecular complexity index is 195. The van der Waals surface area contributed by atoms with Crippen LogP contribution in [0.3, 0.4) is 0 Å². The van der Waals surface area contributed by atoms with Gasteiger partial charge in [-0.2, -0.15) is 0 Å². The van der Waals surface area contributed by atoms with Gasteiger partial charge in [-0.25, -0.2) is 8.78 Å². The molecule has 0 radical (unpaired) electrons. The first-order chi connectivity index (χ1) is 6.65. The van der Waals surface area contributed by atoms with Crippen LogP contribution in [0.15, 0.2) is 0 Å². The van der Waals surface area contributed by atoms with Crippen LogP contribution in [0.25, 0.3) is 0 Å². The first-order valence-corrected chi connectivity index (χ1v) is 4.92. The van der Waals surface area contributed by atoms with Gasteiger partial charge in [0.1, 0.15) is 0 Å². The number of hydrogen-bond donors (Lipinski definition) is 1. The molecule has 0 unspecified atom stereocenters. The zero-order valence-corrected chi connectivity index (χ0v) is 8.09. The monoisotopic (exact) mass is 206 g/mol. The minimum Gasteiger partial charge on any atom is -0.335 e. The summed E-state index contributed by atoms with van der Waals surface area (Å²) >= 11 is 0. The minimum atomic E-state index is -2.47. The summed E-state index contributed by atoms with van der Waals surface area (Å²) in [6.45, 7) is -0.00259. The van der Waals surface area contributed by atoms with Gasteiger partial charge >= 0.3 is 0 Å². The van der Waals surface area contributed by atoms with Gasteiger partial charge in [0.25, 0.3) is 6.43 Å². The third kappa shape index (κ3) is 2.90. The average molecular weight is 206 g/mol. The maximum Gasteiger partial charge on any atom is 0.255 e. The maximum atomic E-state index is 12.1. The number of nitrogens with two attached hydrogens (primary N) is 1. The number of carbonyl (C=O) groups is 1. The lowest BCUT2D eigenvalue weighted by atomic mass is 9.84. The van der Waals surface area contributed by atoms with Crippen LogP contribution < -0.4 is 5.73 Å². The highest BCUT2D eigenvalue weighted by Gasteiger charge is 2.30. The number of halogens is 2. The number of hydrogen-bond acceptors (Lipinski definition) is 2. The van der Waals surface area contributed by atoms with Crippen molar-refractivity contribution in [3.05, 3.63) is 0 Å². The molecular formula is C9H16F2N2O. The summed E-state index contributed by atoms with van der Waals surface area (Å²) in [5.41, 5.74) is 5.26. The van der Waals surface area contributed by atoms with E-state index in [0.717, 1.165) is 19.3 Å². The Morgan fingerprint density at radius 3 is 2.50 bits per heavy atom. The molecule has 0 atom stereocenters. The Balaban J connectivity index is 2.42. The average Bonchev–Trinajstić information content (AvgIpc) is 1.99. The third-order valence-electron chi connectivity index (χ3n) is 2.52. The molecule has 3 nitrogen and oxygen atoms in total. The topological polar surface area (TPSA) is 46.3 Å². The van der Waals surface area contributed by atoms with Crippen LogP contribution in [0.2, 0.25) is 0 Å². The van der Waals surface area contributed by atoms with Crippen LogP contribution in [-0.4, -0.2) is 36.9 Å². The molecule has 82 valence electrons. The van der Waals surface area contributed by atoms with Gasteiger partial charge in [-0.05, 0) is 12.8 Å².